The number of non-ortho nitro benzene ring substituents is 1. The third-order valence-corrected chi connectivity index (χ3v) is 4.25. The Balaban J connectivity index is 1.59. The number of benzene rings is 3. The van der Waals surface area contributed by atoms with Gasteiger partial charge < -0.3 is 10.6 Å². The summed E-state index contributed by atoms with van der Waals surface area (Å²) in [6.45, 7) is 0. The first-order valence-corrected chi connectivity index (χ1v) is 9.70. The highest BCUT2D eigenvalue weighted by atomic mass is 19.1. The molecule has 0 aliphatic heterocycles. The number of rotatable bonds is 8. The molecule has 4 aromatic rings. The van der Waals surface area contributed by atoms with E-state index in [4.69, 9.17) is 0 Å². The van der Waals surface area contributed by atoms with Crippen molar-refractivity contribution < 1.29 is 9.31 Å². The largest absolute Gasteiger partial charge is 0.324 e. The zero-order chi connectivity index (χ0) is 23.0. The molecule has 0 saturated carbocycles. The van der Waals surface area contributed by atoms with Gasteiger partial charge in [0.05, 0.1) is 11.1 Å². The standard InChI is InChI=1S/C22H17FN8O2/c23-19-12-11-18(31(32)33)13-15(19)14-24-30-22-28-20(25-16-7-3-1-4-8-16)27-21(29-22)26-17-9-5-2-6-10-17/h1-14H,(H3,25,26,27,28,29,30)/b24-14-. The van der Waals surface area contributed by atoms with Gasteiger partial charge in [0.1, 0.15) is 5.82 Å². The predicted molar refractivity (Wildman–Crippen MR) is 124 cm³/mol. The summed E-state index contributed by atoms with van der Waals surface area (Å²) in [5.41, 5.74) is 3.84. The summed E-state index contributed by atoms with van der Waals surface area (Å²) in [5, 5.41) is 21.0. The highest BCUT2D eigenvalue weighted by Gasteiger charge is 2.10. The van der Waals surface area contributed by atoms with Crippen molar-refractivity contribution in [3.63, 3.8) is 0 Å². The molecule has 0 radical (unpaired) electrons. The number of nitrogens with one attached hydrogen (secondary N) is 3. The van der Waals surface area contributed by atoms with Gasteiger partial charge in [-0.3, -0.25) is 10.1 Å². The van der Waals surface area contributed by atoms with Gasteiger partial charge in [-0.25, -0.2) is 9.82 Å². The van der Waals surface area contributed by atoms with Crippen LogP contribution in [0.3, 0.4) is 0 Å². The van der Waals surface area contributed by atoms with Gasteiger partial charge in [-0.1, -0.05) is 36.4 Å². The molecule has 0 aliphatic rings. The summed E-state index contributed by atoms with van der Waals surface area (Å²) >= 11 is 0. The summed E-state index contributed by atoms with van der Waals surface area (Å²) in [7, 11) is 0. The maximum Gasteiger partial charge on any atom is 0.270 e. The zero-order valence-electron chi connectivity index (χ0n) is 17.0. The SMILES string of the molecule is O=[N+]([O-])c1ccc(F)c(/C=N\Nc2nc(Nc3ccccc3)nc(Nc3ccccc3)n2)c1. The minimum Gasteiger partial charge on any atom is -0.324 e. The van der Waals surface area contributed by atoms with Crippen molar-refractivity contribution in [2.75, 3.05) is 16.1 Å². The van der Waals surface area contributed by atoms with Crippen molar-refractivity contribution >= 4 is 41.1 Å². The van der Waals surface area contributed by atoms with Crippen LogP contribution in [0.5, 0.6) is 0 Å². The topological polar surface area (TPSA) is 130 Å². The Hall–Kier alpha value is -4.93. The van der Waals surface area contributed by atoms with Crippen LogP contribution in [0.25, 0.3) is 0 Å². The summed E-state index contributed by atoms with van der Waals surface area (Å²) in [6, 6.07) is 21.8. The zero-order valence-corrected chi connectivity index (χ0v) is 17.0. The van der Waals surface area contributed by atoms with Gasteiger partial charge in [-0.15, -0.1) is 0 Å². The Morgan fingerprint density at radius 2 is 1.36 bits per heavy atom. The van der Waals surface area contributed by atoms with Crippen LogP contribution in [0, 0.1) is 15.9 Å². The maximum absolute atomic E-state index is 14.0. The Bertz CT molecular complexity index is 1230. The first kappa shape index (κ1) is 21.3. The van der Waals surface area contributed by atoms with Gasteiger partial charge in [-0.2, -0.15) is 20.1 Å². The van der Waals surface area contributed by atoms with E-state index in [0.717, 1.165) is 35.8 Å². The van der Waals surface area contributed by atoms with Crippen molar-refractivity contribution in [1.82, 2.24) is 15.0 Å². The molecule has 0 fully saturated rings. The predicted octanol–water partition coefficient (Wildman–Crippen LogP) is 4.85. The van der Waals surface area contributed by atoms with Crippen LogP contribution < -0.4 is 16.1 Å². The molecule has 0 aliphatic carbocycles. The third kappa shape index (κ3) is 5.82. The van der Waals surface area contributed by atoms with Gasteiger partial charge in [-0.05, 0) is 30.3 Å². The molecule has 0 saturated heterocycles. The first-order valence-electron chi connectivity index (χ1n) is 9.70. The molecule has 0 bridgehead atoms. The van der Waals surface area contributed by atoms with Crippen LogP contribution in [0.4, 0.5) is 39.3 Å². The number of hydrogen-bond acceptors (Lipinski definition) is 9. The number of aromatic nitrogens is 3. The maximum atomic E-state index is 14.0. The van der Waals surface area contributed by atoms with E-state index in [9.17, 15) is 14.5 Å². The Labute approximate surface area is 187 Å². The van der Waals surface area contributed by atoms with E-state index in [1.807, 2.05) is 60.7 Å². The first-order chi connectivity index (χ1) is 16.1. The summed E-state index contributed by atoms with van der Waals surface area (Å²) in [5.74, 6) is -0.0914. The summed E-state index contributed by atoms with van der Waals surface area (Å²) in [4.78, 5) is 23.2. The second-order valence-electron chi connectivity index (χ2n) is 6.62. The average Bonchev–Trinajstić information content (AvgIpc) is 2.81. The Morgan fingerprint density at radius 1 is 0.818 bits per heavy atom. The molecule has 164 valence electrons. The van der Waals surface area contributed by atoms with E-state index >= 15 is 0 Å². The van der Waals surface area contributed by atoms with Crippen LogP contribution >= 0.6 is 0 Å². The number of nitro groups is 1. The normalized spacial score (nSPS) is 10.7. The molecule has 0 spiro atoms. The lowest BCUT2D eigenvalue weighted by molar-refractivity contribution is -0.384. The fourth-order valence-electron chi connectivity index (χ4n) is 2.74. The van der Waals surface area contributed by atoms with Gasteiger partial charge in [0.25, 0.3) is 5.69 Å². The molecule has 1 heterocycles. The van der Waals surface area contributed by atoms with E-state index in [-0.39, 0.29) is 29.1 Å². The van der Waals surface area contributed by atoms with Gasteiger partial charge in [0.2, 0.25) is 17.8 Å². The minimum absolute atomic E-state index is 0.0592. The molecule has 0 amide bonds. The molecule has 3 N–H and O–H groups in total. The molecule has 0 atom stereocenters. The highest BCUT2D eigenvalue weighted by molar-refractivity contribution is 5.81. The number of anilines is 5. The van der Waals surface area contributed by atoms with Crippen LogP contribution in [0.15, 0.2) is 84.0 Å². The fourth-order valence-corrected chi connectivity index (χ4v) is 2.74. The Morgan fingerprint density at radius 3 is 1.91 bits per heavy atom. The summed E-state index contributed by atoms with van der Waals surface area (Å²) < 4.78 is 14.0. The van der Waals surface area contributed by atoms with Crippen LogP contribution in [-0.2, 0) is 0 Å². The number of nitro benzene ring substituents is 1. The molecule has 3 aromatic carbocycles. The van der Waals surface area contributed by atoms with Crippen molar-refractivity contribution in [2.45, 2.75) is 0 Å². The minimum atomic E-state index is -0.653. The van der Waals surface area contributed by atoms with Gasteiger partial charge in [0, 0.05) is 29.1 Å². The number of halogens is 1. The third-order valence-electron chi connectivity index (χ3n) is 4.25. The fraction of sp³-hybridized carbons (Fsp3) is 0. The number of hydrogen-bond donors (Lipinski definition) is 3. The van der Waals surface area contributed by atoms with Crippen molar-refractivity contribution in [1.29, 1.82) is 0 Å². The van der Waals surface area contributed by atoms with Crippen LogP contribution in [-0.4, -0.2) is 26.1 Å². The van der Waals surface area contributed by atoms with E-state index in [2.05, 4.69) is 36.1 Å². The number of hydrazone groups is 1. The molecule has 10 nitrogen and oxygen atoms in total. The lowest BCUT2D eigenvalue weighted by Gasteiger charge is -2.10. The molecule has 1 aromatic heterocycles. The average molecular weight is 444 g/mol. The quantitative estimate of drug-likeness (QED) is 0.200. The molecule has 33 heavy (non-hydrogen) atoms. The van der Waals surface area contributed by atoms with E-state index < -0.39 is 10.7 Å². The second kappa shape index (κ2) is 9.92. The van der Waals surface area contributed by atoms with Crippen LogP contribution in [0.1, 0.15) is 5.56 Å². The summed E-state index contributed by atoms with van der Waals surface area (Å²) in [6.07, 6.45) is 1.11. The number of para-hydroxylation sites is 2. The molecular formula is C22H17FN8O2. The molecule has 11 heteroatoms. The van der Waals surface area contributed by atoms with E-state index in [1.165, 1.54) is 0 Å². The number of nitrogens with zero attached hydrogens (tertiary/aromatic N) is 5. The van der Waals surface area contributed by atoms with Crippen molar-refractivity contribution in [3.8, 4) is 0 Å². The molecular weight excluding hydrogens is 427 g/mol. The second-order valence-corrected chi connectivity index (χ2v) is 6.62. The van der Waals surface area contributed by atoms with Crippen molar-refractivity contribution in [3.05, 3.63) is 100 Å². The molecule has 4 rings (SSSR count). The van der Waals surface area contributed by atoms with E-state index in [1.54, 1.807) is 0 Å². The van der Waals surface area contributed by atoms with Crippen LogP contribution in [0.2, 0.25) is 0 Å². The highest BCUT2D eigenvalue weighted by Crippen LogP contribution is 2.19. The monoisotopic (exact) mass is 444 g/mol. The lowest BCUT2D eigenvalue weighted by atomic mass is 10.2. The van der Waals surface area contributed by atoms with Gasteiger partial charge >= 0.3 is 0 Å². The molecule has 0 unspecified atom stereocenters. The van der Waals surface area contributed by atoms with Crippen molar-refractivity contribution in [2.24, 2.45) is 5.10 Å². The Kier molecular flexibility index (Phi) is 6.40. The van der Waals surface area contributed by atoms with E-state index in [0.29, 0.717) is 0 Å². The smallest absolute Gasteiger partial charge is 0.270 e. The lowest BCUT2D eigenvalue weighted by Crippen LogP contribution is -2.07. The van der Waals surface area contributed by atoms with Gasteiger partial charge in [0.15, 0.2) is 0 Å².